The van der Waals surface area contributed by atoms with Crippen LogP contribution in [0.4, 0.5) is 5.69 Å². The molecule has 0 radical (unpaired) electrons. The lowest BCUT2D eigenvalue weighted by molar-refractivity contribution is 0.0982. The van der Waals surface area contributed by atoms with Crippen LogP contribution in [0.1, 0.15) is 15.9 Å². The number of nitrogens with zero attached hydrogens (tertiary/aromatic N) is 2. The fraction of sp³-hybridized carbons (Fsp3) is 0.100. The third-order valence-electron chi connectivity index (χ3n) is 3.77. The largest absolute Gasteiger partial charge is 0.496 e. The Balaban J connectivity index is 2.02. The second kappa shape index (κ2) is 7.81. The highest BCUT2D eigenvalue weighted by Gasteiger charge is 2.21. The van der Waals surface area contributed by atoms with E-state index in [0.29, 0.717) is 28.6 Å². The van der Waals surface area contributed by atoms with Crippen molar-refractivity contribution in [3.63, 3.8) is 0 Å². The molecule has 25 heavy (non-hydrogen) atoms. The molecule has 0 aliphatic carbocycles. The first-order chi connectivity index (χ1) is 12.2. The van der Waals surface area contributed by atoms with Gasteiger partial charge in [-0.25, -0.2) is 0 Å². The standard InChI is InChI=1S/C20H17ClN2O2/c1-25-19-10-3-2-9-18(19)20(24)23(14-15-6-5-11-22-13-15)17-8-4-7-16(21)12-17/h2-13H,14H2,1H3. The molecule has 3 aromatic rings. The van der Waals surface area contributed by atoms with E-state index in [9.17, 15) is 4.79 Å². The average Bonchev–Trinajstić information content (AvgIpc) is 2.66. The first kappa shape index (κ1) is 17.0. The van der Waals surface area contributed by atoms with Gasteiger partial charge in [0.25, 0.3) is 5.91 Å². The molecule has 0 unspecified atom stereocenters. The topological polar surface area (TPSA) is 42.4 Å². The number of anilines is 1. The van der Waals surface area contributed by atoms with E-state index in [1.807, 2.05) is 36.4 Å². The van der Waals surface area contributed by atoms with Crippen molar-refractivity contribution >= 4 is 23.2 Å². The first-order valence-electron chi connectivity index (χ1n) is 7.78. The Labute approximate surface area is 151 Å². The maximum Gasteiger partial charge on any atom is 0.262 e. The molecule has 0 N–H and O–H groups in total. The van der Waals surface area contributed by atoms with E-state index in [-0.39, 0.29) is 5.91 Å². The van der Waals surface area contributed by atoms with Gasteiger partial charge in [-0.2, -0.15) is 0 Å². The zero-order chi connectivity index (χ0) is 17.6. The van der Waals surface area contributed by atoms with Gasteiger partial charge in [0, 0.05) is 23.1 Å². The van der Waals surface area contributed by atoms with Gasteiger partial charge in [-0.1, -0.05) is 35.9 Å². The quantitative estimate of drug-likeness (QED) is 0.674. The molecule has 0 aliphatic rings. The predicted octanol–water partition coefficient (Wildman–Crippen LogP) is 4.59. The maximum atomic E-state index is 13.2. The van der Waals surface area contributed by atoms with E-state index in [2.05, 4.69) is 4.98 Å². The zero-order valence-electron chi connectivity index (χ0n) is 13.7. The lowest BCUT2D eigenvalue weighted by Crippen LogP contribution is -2.30. The summed E-state index contributed by atoms with van der Waals surface area (Å²) in [5.74, 6) is 0.370. The fourth-order valence-corrected chi connectivity index (χ4v) is 2.75. The van der Waals surface area contributed by atoms with Gasteiger partial charge >= 0.3 is 0 Å². The minimum absolute atomic E-state index is 0.163. The number of hydrogen-bond donors (Lipinski definition) is 0. The lowest BCUT2D eigenvalue weighted by atomic mass is 10.1. The molecular formula is C20H17ClN2O2. The number of para-hydroxylation sites is 1. The number of halogens is 1. The normalized spacial score (nSPS) is 10.3. The van der Waals surface area contributed by atoms with Crippen molar-refractivity contribution in [1.82, 2.24) is 4.98 Å². The minimum atomic E-state index is -0.163. The Bertz CT molecular complexity index is 868. The Morgan fingerprint density at radius 1 is 1.12 bits per heavy atom. The van der Waals surface area contributed by atoms with Gasteiger partial charge in [0.15, 0.2) is 0 Å². The molecule has 2 aromatic carbocycles. The molecule has 1 heterocycles. The summed E-state index contributed by atoms with van der Waals surface area (Å²) >= 11 is 6.13. The molecule has 1 amide bonds. The van der Waals surface area contributed by atoms with Crippen LogP contribution in [-0.2, 0) is 6.54 Å². The van der Waals surface area contributed by atoms with Gasteiger partial charge in [-0.3, -0.25) is 9.78 Å². The Hall–Kier alpha value is -2.85. The molecule has 0 saturated heterocycles. The molecule has 1 aromatic heterocycles. The number of rotatable bonds is 5. The highest BCUT2D eigenvalue weighted by atomic mass is 35.5. The third-order valence-corrected chi connectivity index (χ3v) is 4.00. The van der Waals surface area contributed by atoms with Crippen LogP contribution in [-0.4, -0.2) is 18.0 Å². The van der Waals surface area contributed by atoms with E-state index in [0.717, 1.165) is 5.56 Å². The van der Waals surface area contributed by atoms with E-state index in [4.69, 9.17) is 16.3 Å². The number of hydrogen-bond acceptors (Lipinski definition) is 3. The second-order valence-electron chi connectivity index (χ2n) is 5.43. The van der Waals surface area contributed by atoms with Crippen molar-refractivity contribution in [2.75, 3.05) is 12.0 Å². The van der Waals surface area contributed by atoms with Crippen LogP contribution >= 0.6 is 11.6 Å². The summed E-state index contributed by atoms with van der Waals surface area (Å²) in [7, 11) is 1.55. The van der Waals surface area contributed by atoms with Crippen molar-refractivity contribution in [1.29, 1.82) is 0 Å². The summed E-state index contributed by atoms with van der Waals surface area (Å²) < 4.78 is 5.34. The van der Waals surface area contributed by atoms with Gasteiger partial charge in [-0.15, -0.1) is 0 Å². The van der Waals surface area contributed by atoms with Crippen LogP contribution in [0.15, 0.2) is 73.1 Å². The fourth-order valence-electron chi connectivity index (χ4n) is 2.57. The molecule has 3 rings (SSSR count). The first-order valence-corrected chi connectivity index (χ1v) is 8.16. The van der Waals surface area contributed by atoms with E-state index < -0.39 is 0 Å². The molecule has 0 fully saturated rings. The number of carbonyl (C=O) groups excluding carboxylic acids is 1. The van der Waals surface area contributed by atoms with E-state index in [1.165, 1.54) is 0 Å². The van der Waals surface area contributed by atoms with E-state index in [1.54, 1.807) is 48.7 Å². The SMILES string of the molecule is COc1ccccc1C(=O)N(Cc1cccnc1)c1cccc(Cl)c1. The summed E-state index contributed by atoms with van der Waals surface area (Å²) in [5.41, 5.74) is 2.13. The predicted molar refractivity (Wildman–Crippen MR) is 99.2 cm³/mol. The zero-order valence-corrected chi connectivity index (χ0v) is 14.5. The number of pyridine rings is 1. The molecule has 0 spiro atoms. The summed E-state index contributed by atoms with van der Waals surface area (Å²) in [5, 5.41) is 0.571. The van der Waals surface area contributed by atoms with Crippen LogP contribution in [0.25, 0.3) is 0 Å². The number of ether oxygens (including phenoxy) is 1. The highest BCUT2D eigenvalue weighted by Crippen LogP contribution is 2.26. The van der Waals surface area contributed by atoms with Crippen LogP contribution in [0, 0.1) is 0 Å². The lowest BCUT2D eigenvalue weighted by Gasteiger charge is -2.24. The summed E-state index contributed by atoms with van der Waals surface area (Å²) in [6.07, 6.45) is 3.45. The van der Waals surface area contributed by atoms with Crippen molar-refractivity contribution < 1.29 is 9.53 Å². The number of carbonyl (C=O) groups is 1. The van der Waals surface area contributed by atoms with Crippen LogP contribution < -0.4 is 9.64 Å². The summed E-state index contributed by atoms with van der Waals surface area (Å²) in [6, 6.07) is 18.2. The van der Waals surface area contributed by atoms with Crippen LogP contribution in [0.3, 0.4) is 0 Å². The van der Waals surface area contributed by atoms with Gasteiger partial charge in [0.05, 0.1) is 19.2 Å². The molecule has 0 saturated carbocycles. The van der Waals surface area contributed by atoms with Gasteiger partial charge < -0.3 is 9.64 Å². The summed E-state index contributed by atoms with van der Waals surface area (Å²) in [4.78, 5) is 19.0. The number of benzene rings is 2. The van der Waals surface area contributed by atoms with Gasteiger partial charge in [-0.05, 0) is 42.0 Å². The van der Waals surface area contributed by atoms with Crippen molar-refractivity contribution in [2.24, 2.45) is 0 Å². The monoisotopic (exact) mass is 352 g/mol. The smallest absolute Gasteiger partial charge is 0.262 e. The second-order valence-corrected chi connectivity index (χ2v) is 5.87. The highest BCUT2D eigenvalue weighted by molar-refractivity contribution is 6.31. The van der Waals surface area contributed by atoms with Crippen LogP contribution in [0.2, 0.25) is 5.02 Å². The maximum absolute atomic E-state index is 13.2. The third kappa shape index (κ3) is 3.98. The molecule has 0 bridgehead atoms. The average molecular weight is 353 g/mol. The molecule has 5 heteroatoms. The minimum Gasteiger partial charge on any atom is -0.496 e. The molecule has 126 valence electrons. The number of methoxy groups -OCH3 is 1. The number of amides is 1. The Kier molecular flexibility index (Phi) is 5.31. The van der Waals surface area contributed by atoms with Crippen LogP contribution in [0.5, 0.6) is 5.75 Å². The molecule has 0 atom stereocenters. The molecule has 0 aliphatic heterocycles. The van der Waals surface area contributed by atoms with Gasteiger partial charge in [0.1, 0.15) is 5.75 Å². The Morgan fingerprint density at radius 2 is 1.96 bits per heavy atom. The summed E-state index contributed by atoms with van der Waals surface area (Å²) in [6.45, 7) is 0.380. The van der Waals surface area contributed by atoms with Crippen molar-refractivity contribution in [3.05, 3.63) is 89.2 Å². The van der Waals surface area contributed by atoms with Gasteiger partial charge in [0.2, 0.25) is 0 Å². The molecule has 4 nitrogen and oxygen atoms in total. The van der Waals surface area contributed by atoms with Crippen molar-refractivity contribution in [3.8, 4) is 5.75 Å². The molecular weight excluding hydrogens is 336 g/mol. The van der Waals surface area contributed by atoms with E-state index >= 15 is 0 Å². The van der Waals surface area contributed by atoms with Crippen molar-refractivity contribution in [2.45, 2.75) is 6.54 Å². The Morgan fingerprint density at radius 3 is 2.68 bits per heavy atom. The number of aromatic nitrogens is 1.